The van der Waals surface area contributed by atoms with Crippen LogP contribution in [-0.4, -0.2) is 41.1 Å². The van der Waals surface area contributed by atoms with Gasteiger partial charge in [0.05, 0.1) is 11.7 Å². The Morgan fingerprint density at radius 3 is 2.71 bits per heavy atom. The average molecular weight is 343 g/mol. The Morgan fingerprint density at radius 1 is 1.21 bits per heavy atom. The molecule has 0 spiro atoms. The van der Waals surface area contributed by atoms with Crippen molar-refractivity contribution >= 4 is 22.5 Å². The number of hydrogen-bond acceptors (Lipinski definition) is 3. The molecule has 2 heterocycles. The maximum Gasteiger partial charge on any atom is 0.0715 e. The molecule has 4 nitrogen and oxygen atoms in total. The van der Waals surface area contributed by atoms with Crippen LogP contribution in [0.1, 0.15) is 12.5 Å². The largest absolute Gasteiger partial charge is 0.318 e. The van der Waals surface area contributed by atoms with Gasteiger partial charge in [-0.05, 0) is 49.5 Å². The molecule has 0 bridgehead atoms. The van der Waals surface area contributed by atoms with Crippen molar-refractivity contribution in [3.63, 3.8) is 0 Å². The molecule has 24 heavy (non-hydrogen) atoms. The average Bonchev–Trinajstić information content (AvgIpc) is 2.98. The second-order valence-electron chi connectivity index (χ2n) is 5.87. The molecule has 1 N–H and O–H groups in total. The van der Waals surface area contributed by atoms with E-state index >= 15 is 0 Å². The Labute approximate surface area is 148 Å². The van der Waals surface area contributed by atoms with Crippen LogP contribution in [0.15, 0.2) is 48.9 Å². The molecule has 0 aliphatic carbocycles. The number of hydrogen-bond donors (Lipinski definition) is 1. The van der Waals surface area contributed by atoms with E-state index in [2.05, 4.69) is 39.0 Å². The lowest BCUT2D eigenvalue weighted by Crippen LogP contribution is -2.30. The molecule has 0 atom stereocenters. The number of likely N-dealkylation sites (N-methyl/N-ethyl adjacent to an activating group) is 2. The normalized spacial score (nSPS) is 11.5. The molecule has 0 aliphatic rings. The molecule has 0 radical (unpaired) electrons. The third kappa shape index (κ3) is 3.61. The molecule has 3 rings (SSSR count). The number of pyridine rings is 1. The zero-order valence-electron chi connectivity index (χ0n) is 14.2. The van der Waals surface area contributed by atoms with Gasteiger partial charge in [-0.25, -0.2) is 0 Å². The van der Waals surface area contributed by atoms with Crippen LogP contribution in [0.3, 0.4) is 0 Å². The molecule has 2 aromatic heterocycles. The fraction of sp³-hybridized carbons (Fsp3) is 0.316. The number of rotatable bonds is 7. The second kappa shape index (κ2) is 7.79. The van der Waals surface area contributed by atoms with Crippen molar-refractivity contribution in [1.82, 2.24) is 19.8 Å². The van der Waals surface area contributed by atoms with Gasteiger partial charge in [0.25, 0.3) is 0 Å². The van der Waals surface area contributed by atoms with Crippen LogP contribution in [0.4, 0.5) is 0 Å². The Bertz CT molecular complexity index is 795. The number of benzene rings is 1. The lowest BCUT2D eigenvalue weighted by atomic mass is 10.2. The third-order valence-electron chi connectivity index (χ3n) is 4.31. The van der Waals surface area contributed by atoms with Crippen LogP contribution in [0.25, 0.3) is 16.6 Å². The van der Waals surface area contributed by atoms with Gasteiger partial charge in [-0.15, -0.1) is 0 Å². The van der Waals surface area contributed by atoms with Crippen molar-refractivity contribution in [2.45, 2.75) is 13.5 Å². The predicted octanol–water partition coefficient (Wildman–Crippen LogP) is 3.72. The van der Waals surface area contributed by atoms with Gasteiger partial charge in [-0.2, -0.15) is 0 Å². The highest BCUT2D eigenvalue weighted by atomic mass is 35.5. The summed E-state index contributed by atoms with van der Waals surface area (Å²) < 4.78 is 2.19. The first-order chi connectivity index (χ1) is 11.7. The zero-order chi connectivity index (χ0) is 16.9. The SMILES string of the molecule is CCN(CCNC)Cc1cn(-c2ccc(Cl)cc2)c2cnccc12. The first-order valence-electron chi connectivity index (χ1n) is 8.29. The third-order valence-corrected chi connectivity index (χ3v) is 4.57. The number of fused-ring (bicyclic) bond motifs is 1. The molecular formula is C19H23ClN4. The fourth-order valence-corrected chi connectivity index (χ4v) is 3.07. The highest BCUT2D eigenvalue weighted by molar-refractivity contribution is 6.30. The summed E-state index contributed by atoms with van der Waals surface area (Å²) in [6, 6.07) is 10.0. The molecule has 0 fully saturated rings. The Morgan fingerprint density at radius 2 is 2.00 bits per heavy atom. The summed E-state index contributed by atoms with van der Waals surface area (Å²) in [7, 11) is 1.99. The van der Waals surface area contributed by atoms with Crippen molar-refractivity contribution in [2.75, 3.05) is 26.7 Å². The highest BCUT2D eigenvalue weighted by Crippen LogP contribution is 2.26. The molecule has 1 aromatic carbocycles. The monoisotopic (exact) mass is 342 g/mol. The summed E-state index contributed by atoms with van der Waals surface area (Å²) in [4.78, 5) is 6.75. The van der Waals surface area contributed by atoms with E-state index in [0.29, 0.717) is 0 Å². The van der Waals surface area contributed by atoms with Crippen molar-refractivity contribution in [3.05, 3.63) is 59.5 Å². The molecule has 0 saturated carbocycles. The van der Waals surface area contributed by atoms with E-state index in [9.17, 15) is 0 Å². The van der Waals surface area contributed by atoms with Gasteiger partial charge in [0.1, 0.15) is 0 Å². The molecule has 0 aliphatic heterocycles. The van der Waals surface area contributed by atoms with Gasteiger partial charge < -0.3 is 9.88 Å². The van der Waals surface area contributed by atoms with Gasteiger partial charge in [-0.3, -0.25) is 9.88 Å². The lowest BCUT2D eigenvalue weighted by molar-refractivity contribution is 0.283. The van der Waals surface area contributed by atoms with Gasteiger partial charge in [0.15, 0.2) is 0 Å². The number of nitrogens with zero attached hydrogens (tertiary/aromatic N) is 3. The molecule has 5 heteroatoms. The van der Waals surface area contributed by atoms with E-state index in [1.165, 1.54) is 10.9 Å². The topological polar surface area (TPSA) is 33.1 Å². The van der Waals surface area contributed by atoms with E-state index < -0.39 is 0 Å². The molecule has 0 amide bonds. The molecule has 0 unspecified atom stereocenters. The smallest absolute Gasteiger partial charge is 0.0715 e. The minimum atomic E-state index is 0.748. The van der Waals surface area contributed by atoms with Crippen molar-refractivity contribution < 1.29 is 0 Å². The Hall–Kier alpha value is -1.88. The van der Waals surface area contributed by atoms with Crippen molar-refractivity contribution in [3.8, 4) is 5.69 Å². The summed E-state index contributed by atoms with van der Waals surface area (Å²) in [5.74, 6) is 0. The first kappa shape index (κ1) is 17.0. The lowest BCUT2D eigenvalue weighted by Gasteiger charge is -2.19. The van der Waals surface area contributed by atoms with Gasteiger partial charge in [0, 0.05) is 48.1 Å². The van der Waals surface area contributed by atoms with E-state index in [-0.39, 0.29) is 0 Å². The van der Waals surface area contributed by atoms with E-state index in [4.69, 9.17) is 11.6 Å². The number of aromatic nitrogens is 2. The van der Waals surface area contributed by atoms with Crippen LogP contribution in [0.2, 0.25) is 5.02 Å². The molecule has 3 aromatic rings. The minimum absolute atomic E-state index is 0.748. The van der Waals surface area contributed by atoms with Crippen LogP contribution in [-0.2, 0) is 6.54 Å². The van der Waals surface area contributed by atoms with Crippen LogP contribution in [0, 0.1) is 0 Å². The van der Waals surface area contributed by atoms with Crippen LogP contribution >= 0.6 is 11.6 Å². The Kier molecular flexibility index (Phi) is 5.51. The predicted molar refractivity (Wildman–Crippen MR) is 101 cm³/mol. The quantitative estimate of drug-likeness (QED) is 0.710. The van der Waals surface area contributed by atoms with Crippen molar-refractivity contribution in [1.29, 1.82) is 0 Å². The minimum Gasteiger partial charge on any atom is -0.318 e. The summed E-state index contributed by atoms with van der Waals surface area (Å²) in [5.41, 5.74) is 3.54. The highest BCUT2D eigenvalue weighted by Gasteiger charge is 2.12. The van der Waals surface area contributed by atoms with E-state index in [1.807, 2.05) is 43.7 Å². The van der Waals surface area contributed by atoms with Gasteiger partial charge >= 0.3 is 0 Å². The standard InChI is InChI=1S/C19H23ClN4/c1-3-23(11-10-21-2)13-15-14-24(17-6-4-16(20)5-7-17)19-12-22-9-8-18(15)19/h4-9,12,14,21H,3,10-11,13H2,1-2H3. The summed E-state index contributed by atoms with van der Waals surface area (Å²) in [6.07, 6.45) is 6.01. The maximum atomic E-state index is 6.02. The van der Waals surface area contributed by atoms with E-state index in [1.54, 1.807) is 0 Å². The number of halogens is 1. The Balaban J connectivity index is 1.98. The second-order valence-corrected chi connectivity index (χ2v) is 6.30. The summed E-state index contributed by atoms with van der Waals surface area (Å²) >= 11 is 6.02. The molecule has 0 saturated heterocycles. The zero-order valence-corrected chi connectivity index (χ0v) is 14.9. The van der Waals surface area contributed by atoms with E-state index in [0.717, 1.165) is 42.4 Å². The first-order valence-corrected chi connectivity index (χ1v) is 8.67. The number of nitrogens with one attached hydrogen (secondary N) is 1. The van der Waals surface area contributed by atoms with Gasteiger partial charge in [0.2, 0.25) is 0 Å². The summed E-state index contributed by atoms with van der Waals surface area (Å²) in [6.45, 7) is 6.19. The fourth-order valence-electron chi connectivity index (χ4n) is 2.95. The molecule has 126 valence electrons. The summed E-state index contributed by atoms with van der Waals surface area (Å²) in [5, 5.41) is 5.22. The maximum absolute atomic E-state index is 6.02. The molecular weight excluding hydrogens is 320 g/mol. The van der Waals surface area contributed by atoms with Crippen LogP contribution in [0.5, 0.6) is 0 Å². The van der Waals surface area contributed by atoms with Crippen molar-refractivity contribution in [2.24, 2.45) is 0 Å². The van der Waals surface area contributed by atoms with Crippen LogP contribution < -0.4 is 5.32 Å². The van der Waals surface area contributed by atoms with Gasteiger partial charge in [-0.1, -0.05) is 18.5 Å².